The van der Waals surface area contributed by atoms with Crippen LogP contribution in [-0.2, 0) is 11.3 Å². The SMILES string of the molecule is O=C(O)c1ccc(NC(=O)N2C3CCC2CC(OCc2c(-c4c(Cl)cccc4Cl)noc2C2CC2)C3)cc1. The van der Waals surface area contributed by atoms with Crippen molar-refractivity contribution in [3.8, 4) is 11.3 Å². The van der Waals surface area contributed by atoms with E-state index in [0.29, 0.717) is 39.5 Å². The zero-order valence-electron chi connectivity index (χ0n) is 20.5. The number of rotatable bonds is 7. The van der Waals surface area contributed by atoms with Gasteiger partial charge in [0.05, 0.1) is 28.3 Å². The number of benzene rings is 2. The molecule has 3 fully saturated rings. The molecule has 3 aromatic rings. The summed E-state index contributed by atoms with van der Waals surface area (Å²) in [5.41, 5.74) is 2.95. The summed E-state index contributed by atoms with van der Waals surface area (Å²) in [6.45, 7) is 0.346. The van der Waals surface area contributed by atoms with Gasteiger partial charge in [0, 0.05) is 34.8 Å². The van der Waals surface area contributed by atoms with Crippen molar-refractivity contribution in [2.24, 2.45) is 0 Å². The van der Waals surface area contributed by atoms with Crippen molar-refractivity contribution in [3.63, 3.8) is 0 Å². The first-order valence-corrected chi connectivity index (χ1v) is 13.6. The van der Waals surface area contributed by atoms with E-state index >= 15 is 0 Å². The number of carbonyl (C=O) groups excluding carboxylic acids is 1. The molecule has 1 saturated carbocycles. The molecule has 2 atom stereocenters. The van der Waals surface area contributed by atoms with E-state index in [1.54, 1.807) is 30.3 Å². The number of nitrogens with one attached hydrogen (secondary N) is 1. The minimum absolute atomic E-state index is 0.00270. The largest absolute Gasteiger partial charge is 0.478 e. The smallest absolute Gasteiger partial charge is 0.335 e. The Kier molecular flexibility index (Phi) is 6.80. The fourth-order valence-corrected chi connectivity index (χ4v) is 6.30. The summed E-state index contributed by atoms with van der Waals surface area (Å²) < 4.78 is 12.2. The molecule has 8 nitrogen and oxygen atoms in total. The van der Waals surface area contributed by atoms with E-state index in [-0.39, 0.29) is 29.8 Å². The molecule has 0 radical (unpaired) electrons. The van der Waals surface area contributed by atoms with Gasteiger partial charge in [0.1, 0.15) is 11.5 Å². The lowest BCUT2D eigenvalue weighted by Crippen LogP contribution is -2.50. The number of carboxylic acids is 1. The van der Waals surface area contributed by atoms with E-state index in [2.05, 4.69) is 10.5 Å². The Morgan fingerprint density at radius 3 is 2.29 bits per heavy atom. The van der Waals surface area contributed by atoms with Gasteiger partial charge in [-0.25, -0.2) is 9.59 Å². The number of carbonyl (C=O) groups is 2. The highest BCUT2D eigenvalue weighted by atomic mass is 35.5. The molecular weight excluding hydrogens is 529 g/mol. The van der Waals surface area contributed by atoms with Crippen molar-refractivity contribution >= 4 is 40.9 Å². The lowest BCUT2D eigenvalue weighted by atomic mass is 9.99. The zero-order valence-corrected chi connectivity index (χ0v) is 22.0. The maximum Gasteiger partial charge on any atom is 0.335 e. The van der Waals surface area contributed by atoms with Crippen molar-refractivity contribution in [2.75, 3.05) is 5.32 Å². The molecule has 2 N–H and O–H groups in total. The maximum atomic E-state index is 13.1. The van der Waals surface area contributed by atoms with Gasteiger partial charge in [-0.05, 0) is 74.9 Å². The highest BCUT2D eigenvalue weighted by Gasteiger charge is 2.44. The van der Waals surface area contributed by atoms with E-state index in [1.807, 2.05) is 4.90 Å². The Labute approximate surface area is 229 Å². The molecule has 1 aromatic heterocycles. The minimum atomic E-state index is -1.000. The lowest BCUT2D eigenvalue weighted by Gasteiger charge is -2.38. The number of fused-ring (bicyclic) bond motifs is 2. The highest BCUT2D eigenvalue weighted by molar-refractivity contribution is 6.39. The second kappa shape index (κ2) is 10.2. The highest BCUT2D eigenvalue weighted by Crippen LogP contribution is 2.46. The molecule has 3 aliphatic rings. The molecule has 2 unspecified atom stereocenters. The third-order valence-corrected chi connectivity index (χ3v) is 8.37. The van der Waals surface area contributed by atoms with Crippen LogP contribution in [0.15, 0.2) is 47.0 Å². The van der Waals surface area contributed by atoms with Crippen LogP contribution in [0.3, 0.4) is 0 Å². The fourth-order valence-electron chi connectivity index (χ4n) is 5.73. The summed E-state index contributed by atoms with van der Waals surface area (Å²) in [6.07, 6.45) is 5.47. The molecule has 198 valence electrons. The molecule has 0 spiro atoms. The van der Waals surface area contributed by atoms with Gasteiger partial charge >= 0.3 is 12.0 Å². The summed E-state index contributed by atoms with van der Waals surface area (Å²) in [5, 5.41) is 17.4. The number of amides is 2. The Morgan fingerprint density at radius 2 is 1.68 bits per heavy atom. The molecule has 6 rings (SSSR count). The topological polar surface area (TPSA) is 105 Å². The first-order valence-electron chi connectivity index (χ1n) is 12.9. The van der Waals surface area contributed by atoms with Gasteiger partial charge in [-0.1, -0.05) is 34.4 Å². The number of piperidine rings is 1. The van der Waals surface area contributed by atoms with Gasteiger partial charge < -0.3 is 24.6 Å². The second-order valence-corrected chi connectivity index (χ2v) is 11.1. The van der Waals surface area contributed by atoms with Gasteiger partial charge in [-0.15, -0.1) is 0 Å². The van der Waals surface area contributed by atoms with E-state index in [0.717, 1.165) is 49.8 Å². The van der Waals surface area contributed by atoms with Gasteiger partial charge in [0.25, 0.3) is 0 Å². The fraction of sp³-hybridized carbons (Fsp3) is 0.393. The first-order chi connectivity index (χ1) is 18.4. The molecule has 38 heavy (non-hydrogen) atoms. The van der Waals surface area contributed by atoms with Gasteiger partial charge in [0.2, 0.25) is 0 Å². The third-order valence-electron chi connectivity index (χ3n) is 7.74. The van der Waals surface area contributed by atoms with Crippen LogP contribution in [-0.4, -0.2) is 45.4 Å². The molecule has 2 amide bonds. The number of aromatic nitrogens is 1. The van der Waals surface area contributed by atoms with E-state index in [4.69, 9.17) is 37.6 Å². The summed E-state index contributed by atoms with van der Waals surface area (Å²) in [7, 11) is 0. The average molecular weight is 556 g/mol. The van der Waals surface area contributed by atoms with E-state index in [9.17, 15) is 9.59 Å². The number of halogens is 2. The number of aromatic carboxylic acids is 1. The van der Waals surface area contributed by atoms with Gasteiger partial charge in [-0.2, -0.15) is 0 Å². The monoisotopic (exact) mass is 555 g/mol. The minimum Gasteiger partial charge on any atom is -0.478 e. The summed E-state index contributed by atoms with van der Waals surface area (Å²) >= 11 is 13.0. The number of carboxylic acid groups (broad SMARTS) is 1. The average Bonchev–Trinajstić information content (AvgIpc) is 3.60. The Bertz CT molecular complexity index is 1340. The number of nitrogens with zero attached hydrogens (tertiary/aromatic N) is 2. The predicted molar refractivity (Wildman–Crippen MR) is 143 cm³/mol. The van der Waals surface area contributed by atoms with Crippen LogP contribution in [0, 0.1) is 0 Å². The maximum absolute atomic E-state index is 13.1. The molecule has 3 heterocycles. The Hall–Kier alpha value is -3.07. The van der Waals surface area contributed by atoms with Crippen molar-refractivity contribution < 1.29 is 24.0 Å². The normalized spacial score (nSPS) is 22.5. The molecule has 2 aliphatic heterocycles. The predicted octanol–water partition coefficient (Wildman–Crippen LogP) is 6.97. The number of anilines is 1. The van der Waals surface area contributed by atoms with Gasteiger partial charge in [0.15, 0.2) is 0 Å². The third kappa shape index (κ3) is 4.88. The summed E-state index contributed by atoms with van der Waals surface area (Å²) in [5.74, 6) is 0.202. The first kappa shape index (κ1) is 25.2. The Balaban J connectivity index is 1.13. The number of urea groups is 1. The van der Waals surface area contributed by atoms with Crippen molar-refractivity contribution in [2.45, 2.75) is 69.2 Å². The number of ether oxygens (including phenoxy) is 1. The van der Waals surface area contributed by atoms with Crippen molar-refractivity contribution in [1.82, 2.24) is 10.1 Å². The number of hydrogen-bond donors (Lipinski definition) is 2. The lowest BCUT2D eigenvalue weighted by molar-refractivity contribution is -0.0158. The molecule has 10 heteroatoms. The van der Waals surface area contributed by atoms with Crippen molar-refractivity contribution in [3.05, 3.63) is 69.4 Å². The molecule has 2 aromatic carbocycles. The zero-order chi connectivity index (χ0) is 26.4. The van der Waals surface area contributed by atoms with Crippen LogP contribution in [0.1, 0.15) is 66.1 Å². The summed E-state index contributed by atoms with van der Waals surface area (Å²) in [6, 6.07) is 11.6. The second-order valence-electron chi connectivity index (χ2n) is 10.3. The van der Waals surface area contributed by atoms with Crippen LogP contribution in [0.2, 0.25) is 10.0 Å². The summed E-state index contributed by atoms with van der Waals surface area (Å²) in [4.78, 5) is 26.1. The van der Waals surface area contributed by atoms with Crippen LogP contribution < -0.4 is 5.32 Å². The Morgan fingerprint density at radius 1 is 1.03 bits per heavy atom. The number of hydrogen-bond acceptors (Lipinski definition) is 5. The van der Waals surface area contributed by atoms with E-state index < -0.39 is 5.97 Å². The van der Waals surface area contributed by atoms with Crippen molar-refractivity contribution in [1.29, 1.82) is 0 Å². The quantitative estimate of drug-likeness (QED) is 0.326. The van der Waals surface area contributed by atoms with E-state index in [1.165, 1.54) is 12.1 Å². The molecule has 2 saturated heterocycles. The van der Waals surface area contributed by atoms with Crippen LogP contribution in [0.4, 0.5) is 10.5 Å². The van der Waals surface area contributed by atoms with Crippen LogP contribution >= 0.6 is 23.2 Å². The molecular formula is C28H27Cl2N3O5. The standard InChI is InChI=1S/C28H27Cl2N3O5/c29-22-2-1-3-23(30)24(22)25-21(26(38-32-25)15-4-5-15)14-37-20-12-18-10-11-19(13-20)33(18)28(36)31-17-8-6-16(7-9-17)27(34)35/h1-3,6-9,15,18-20H,4-5,10-14H2,(H,31,36)(H,34,35). The molecule has 1 aliphatic carbocycles. The van der Waals surface area contributed by atoms with Crippen LogP contribution in [0.5, 0.6) is 0 Å². The van der Waals surface area contributed by atoms with Gasteiger partial charge in [-0.3, -0.25) is 0 Å². The van der Waals surface area contributed by atoms with Crippen LogP contribution in [0.25, 0.3) is 11.3 Å². The molecule has 2 bridgehead atoms.